The van der Waals surface area contributed by atoms with Gasteiger partial charge in [0.05, 0.1) is 19.3 Å². The molecule has 2 bridgehead atoms. The molecule has 20 nitrogen and oxygen atoms in total. The number of alkyl halides is 2. The van der Waals surface area contributed by atoms with E-state index in [9.17, 15) is 17.9 Å². The van der Waals surface area contributed by atoms with Crippen molar-refractivity contribution in [2.75, 3.05) is 24.6 Å². The third kappa shape index (κ3) is 4.95. The first-order valence-corrected chi connectivity index (χ1v) is 15.6. The Hall–Kier alpha value is -3.54. The van der Waals surface area contributed by atoms with Gasteiger partial charge in [0.25, 0.3) is 0 Å². The number of phosphoric ester groups is 1. The smallest absolute Gasteiger partial charge is 0.382 e. The molecular formula is C20H22F2N11O9PS. The van der Waals surface area contributed by atoms with Gasteiger partial charge in [-0.05, 0) is 0 Å². The number of hydrogen-bond donors (Lipinski definition) is 4. The zero-order valence-corrected chi connectivity index (χ0v) is 23.6. The first kappa shape index (κ1) is 29.2. The van der Waals surface area contributed by atoms with E-state index in [-0.39, 0.29) is 34.0 Å². The van der Waals surface area contributed by atoms with Crippen LogP contribution in [0.3, 0.4) is 0 Å². The summed E-state index contributed by atoms with van der Waals surface area (Å²) in [5, 5.41) is 0. The molecule has 0 aliphatic carbocycles. The molecule has 0 radical (unpaired) electrons. The topological polar surface area (TPSA) is 269 Å². The van der Waals surface area contributed by atoms with Crippen LogP contribution in [0.5, 0.6) is 0 Å². The Morgan fingerprint density at radius 1 is 0.886 bits per heavy atom. The summed E-state index contributed by atoms with van der Waals surface area (Å²) in [5.74, 6) is -0.00802. The molecule has 3 saturated heterocycles. The van der Waals surface area contributed by atoms with Crippen LogP contribution in [0, 0.1) is 0 Å². The van der Waals surface area contributed by atoms with E-state index in [4.69, 9.17) is 34.2 Å². The Balaban J connectivity index is 1.20. The first-order chi connectivity index (χ1) is 20.9. The lowest BCUT2D eigenvalue weighted by Gasteiger charge is -2.24. The number of nitrogens with zero attached hydrogens (tertiary/aromatic N) is 8. The summed E-state index contributed by atoms with van der Waals surface area (Å²) in [4.78, 5) is 34.4. The molecule has 3 fully saturated rings. The predicted octanol–water partition coefficient (Wildman–Crippen LogP) is -0.963. The highest BCUT2D eigenvalue weighted by molar-refractivity contribution is 7.84. The van der Waals surface area contributed by atoms with Crippen molar-refractivity contribution in [3.05, 3.63) is 25.3 Å². The number of fused-ring (bicyclic) bond motifs is 5. The normalized spacial score (nSPS) is 36.1. The van der Waals surface area contributed by atoms with Gasteiger partial charge >= 0.3 is 18.1 Å². The summed E-state index contributed by atoms with van der Waals surface area (Å²) in [6.07, 6.45) is -9.91. The van der Waals surface area contributed by atoms with E-state index in [2.05, 4.69) is 29.9 Å². The molecule has 3 aliphatic rings. The fraction of sp³-hybridized carbons (Fsp3) is 0.500. The molecule has 9 unspecified atom stereocenters. The maximum Gasteiger partial charge on any atom is 0.472 e. The second-order valence-corrected chi connectivity index (χ2v) is 12.7. The van der Waals surface area contributed by atoms with Crippen molar-refractivity contribution in [1.29, 1.82) is 0 Å². The van der Waals surface area contributed by atoms with E-state index in [0.29, 0.717) is 0 Å². The number of aromatic nitrogens is 8. The molecule has 3 aliphatic heterocycles. The van der Waals surface area contributed by atoms with Crippen LogP contribution in [0.15, 0.2) is 25.3 Å². The van der Waals surface area contributed by atoms with Gasteiger partial charge in [0.1, 0.15) is 48.1 Å². The summed E-state index contributed by atoms with van der Waals surface area (Å²) < 4.78 is 102. The molecule has 4 aromatic rings. The highest BCUT2D eigenvalue weighted by Crippen LogP contribution is 2.51. The second kappa shape index (κ2) is 10.5. The van der Waals surface area contributed by atoms with Gasteiger partial charge in [0.2, 0.25) is 0 Å². The largest absolute Gasteiger partial charge is 0.472 e. The van der Waals surface area contributed by atoms with Crippen molar-refractivity contribution in [2.45, 2.75) is 49.2 Å². The van der Waals surface area contributed by atoms with E-state index in [1.165, 1.54) is 10.9 Å². The van der Waals surface area contributed by atoms with Gasteiger partial charge in [-0.1, -0.05) is 0 Å². The Morgan fingerprint density at radius 3 is 2.11 bits per heavy atom. The quantitative estimate of drug-likeness (QED) is 0.188. The van der Waals surface area contributed by atoms with E-state index in [0.717, 1.165) is 23.5 Å². The van der Waals surface area contributed by atoms with Crippen molar-refractivity contribution >= 4 is 52.1 Å². The number of anilines is 2. The molecule has 7 heterocycles. The van der Waals surface area contributed by atoms with E-state index >= 15 is 8.78 Å². The molecular weight excluding hydrogens is 639 g/mol. The number of halogens is 2. The summed E-state index contributed by atoms with van der Waals surface area (Å²) in [6, 6.07) is 0. The maximum atomic E-state index is 15.8. The molecule has 0 aromatic carbocycles. The molecule has 4 aromatic heterocycles. The fourth-order valence-corrected chi connectivity index (χ4v) is 7.07. The van der Waals surface area contributed by atoms with Crippen LogP contribution in [0.1, 0.15) is 12.5 Å². The number of ether oxygens (including phenoxy) is 2. The highest BCUT2D eigenvalue weighted by atomic mass is 32.2. The molecule has 9 atom stereocenters. The monoisotopic (exact) mass is 661 g/mol. The van der Waals surface area contributed by atoms with Crippen LogP contribution in [0.4, 0.5) is 20.4 Å². The van der Waals surface area contributed by atoms with Crippen molar-refractivity contribution in [2.24, 2.45) is 0 Å². The summed E-state index contributed by atoms with van der Waals surface area (Å²) in [7, 11) is -9.98. The first-order valence-electron chi connectivity index (χ1n) is 12.7. The predicted molar refractivity (Wildman–Crippen MR) is 140 cm³/mol. The van der Waals surface area contributed by atoms with Crippen molar-refractivity contribution in [1.82, 2.24) is 43.8 Å². The second-order valence-electron chi connectivity index (χ2n) is 9.88. The molecule has 0 saturated carbocycles. The highest BCUT2D eigenvalue weighted by Gasteiger charge is 2.54. The SMILES string of the molecule is Nc1ncnc2c1ncn2C1OC2COP(=O)(O)OC3C(F)C(CNS(=O)(=O)OC2C1F)OC3n1cnc2c(N)ncnc21. The minimum Gasteiger partial charge on any atom is -0.382 e. The number of nitrogens with one attached hydrogen (secondary N) is 1. The van der Waals surface area contributed by atoms with Crippen molar-refractivity contribution in [3.8, 4) is 0 Å². The van der Waals surface area contributed by atoms with Gasteiger partial charge in [-0.3, -0.25) is 18.2 Å². The summed E-state index contributed by atoms with van der Waals surface area (Å²) in [6.45, 7) is -1.67. The fourth-order valence-electron chi connectivity index (χ4n) is 5.19. The Kier molecular flexibility index (Phi) is 6.98. The molecule has 7 rings (SSSR count). The van der Waals surface area contributed by atoms with Crippen LogP contribution in [-0.4, -0.2) is 102 Å². The number of phosphoric acid groups is 1. The third-order valence-corrected chi connectivity index (χ3v) is 9.19. The van der Waals surface area contributed by atoms with E-state index in [1.807, 2.05) is 4.72 Å². The molecule has 44 heavy (non-hydrogen) atoms. The van der Waals surface area contributed by atoms with Gasteiger partial charge < -0.3 is 25.8 Å². The number of imidazole rings is 2. The van der Waals surface area contributed by atoms with Crippen LogP contribution >= 0.6 is 7.82 Å². The average molecular weight is 662 g/mol. The van der Waals surface area contributed by atoms with Gasteiger partial charge in [0.15, 0.2) is 47.7 Å². The van der Waals surface area contributed by atoms with Crippen LogP contribution < -0.4 is 16.2 Å². The lowest BCUT2D eigenvalue weighted by molar-refractivity contribution is -0.0553. The van der Waals surface area contributed by atoms with Gasteiger partial charge in [-0.2, -0.15) is 13.1 Å². The standard InChI is InChI=1S/C20H22F2N11O9PS/c21-9-7-1-31-44(36,37)42-13-8(40-19(10(13)22)32-5-29-11-15(23)25-3-27-17(11)32)2-38-43(34,35)41-14(9)20(39-7)33-6-30-12-16(24)26-4-28-18(12)33/h3-10,13-14,19-20,31H,1-2H2,(H,34,35)(H2,23,25,27)(H2,24,26,28). The van der Waals surface area contributed by atoms with Crippen LogP contribution in [-0.2, 0) is 37.6 Å². The van der Waals surface area contributed by atoms with Crippen LogP contribution in [0.25, 0.3) is 22.3 Å². The zero-order chi connectivity index (χ0) is 31.0. The molecule has 24 heteroatoms. The summed E-state index contributed by atoms with van der Waals surface area (Å²) in [5.41, 5.74) is 12.0. The maximum absolute atomic E-state index is 15.8. The lowest BCUT2D eigenvalue weighted by Crippen LogP contribution is -2.43. The Morgan fingerprint density at radius 2 is 1.48 bits per heavy atom. The van der Waals surface area contributed by atoms with E-state index < -0.39 is 80.5 Å². The van der Waals surface area contributed by atoms with Crippen LogP contribution in [0.2, 0.25) is 0 Å². The lowest BCUT2D eigenvalue weighted by atomic mass is 10.1. The van der Waals surface area contributed by atoms with E-state index in [1.54, 1.807) is 0 Å². The number of rotatable bonds is 2. The Bertz CT molecular complexity index is 1900. The average Bonchev–Trinajstić information content (AvgIpc) is 3.73. The molecule has 0 spiro atoms. The minimum absolute atomic E-state index is 0.00373. The van der Waals surface area contributed by atoms with Crippen molar-refractivity contribution < 1.29 is 49.4 Å². The number of hydrogen-bond acceptors (Lipinski definition) is 16. The zero-order valence-electron chi connectivity index (χ0n) is 21.9. The number of nitrogens with two attached hydrogens (primary N) is 2. The van der Waals surface area contributed by atoms with Gasteiger partial charge in [0, 0.05) is 6.54 Å². The number of nitrogen functional groups attached to an aromatic ring is 2. The molecule has 0 amide bonds. The Labute approximate surface area is 244 Å². The van der Waals surface area contributed by atoms with Gasteiger partial charge in [-0.25, -0.2) is 47.4 Å². The van der Waals surface area contributed by atoms with Crippen molar-refractivity contribution in [3.63, 3.8) is 0 Å². The minimum atomic E-state index is -5.17. The van der Waals surface area contributed by atoms with Gasteiger partial charge in [-0.15, -0.1) is 0 Å². The third-order valence-electron chi connectivity index (χ3n) is 7.21. The molecule has 6 N–H and O–H groups in total. The molecule has 236 valence electrons. The summed E-state index contributed by atoms with van der Waals surface area (Å²) >= 11 is 0.